The Morgan fingerprint density at radius 2 is 1.81 bits per heavy atom. The lowest BCUT2D eigenvalue weighted by Gasteiger charge is -2.25. The van der Waals surface area contributed by atoms with E-state index in [1.165, 1.54) is 24.2 Å². The van der Waals surface area contributed by atoms with E-state index in [0.717, 1.165) is 19.4 Å². The first-order valence-corrected chi connectivity index (χ1v) is 10.4. The fraction of sp³-hybridized carbons (Fsp3) is 0.800. The number of unbranched alkanes of at least 4 members (excludes halogenated alkanes) is 3. The molecule has 5 nitrogen and oxygen atoms in total. The number of allylic oxidation sites excluding steroid dienone is 2. The van der Waals surface area contributed by atoms with Gasteiger partial charge in [-0.1, -0.05) is 38.3 Å². The van der Waals surface area contributed by atoms with Crippen molar-refractivity contribution >= 4 is 23.4 Å². The van der Waals surface area contributed by atoms with Crippen LogP contribution in [0.1, 0.15) is 45.4 Å². The average Bonchev–Trinajstić information content (AvgIpc) is 3.26. The van der Waals surface area contributed by atoms with Gasteiger partial charge in [0.2, 0.25) is 5.91 Å². The van der Waals surface area contributed by atoms with Gasteiger partial charge in [-0.2, -0.15) is 0 Å². The largest absolute Gasteiger partial charge is 0.379 e. The molecule has 26 heavy (non-hydrogen) atoms. The minimum atomic E-state index is -1.02. The molecule has 1 aliphatic heterocycles. The first kappa shape index (κ1) is 19.8. The van der Waals surface area contributed by atoms with Gasteiger partial charge in [0.25, 0.3) is 5.91 Å². The Kier molecular flexibility index (Phi) is 6.76. The molecule has 146 valence electrons. The summed E-state index contributed by atoms with van der Waals surface area (Å²) in [4.78, 5) is 25.7. The summed E-state index contributed by atoms with van der Waals surface area (Å²) in [5.74, 6) is -0.539. The number of fused-ring (bicyclic) bond motifs is 5. The van der Waals surface area contributed by atoms with Crippen molar-refractivity contribution in [3.63, 3.8) is 0 Å². The molecule has 0 unspecified atom stereocenters. The van der Waals surface area contributed by atoms with Gasteiger partial charge in [-0.25, -0.2) is 0 Å². The second-order valence-corrected chi connectivity index (χ2v) is 8.20. The maximum absolute atomic E-state index is 12.7. The number of hydrogen-bond donors (Lipinski definition) is 0. The SMILES string of the molecule is CCCCCCOCCOCCCN1C(=O)[C@H]2[C@H]3C=C[C@@H](C3)[C@]2(Cl)C1=O. The van der Waals surface area contributed by atoms with Crippen molar-refractivity contribution in [2.45, 2.75) is 50.3 Å². The summed E-state index contributed by atoms with van der Waals surface area (Å²) in [5, 5.41) is 0. The van der Waals surface area contributed by atoms with Gasteiger partial charge in [0.05, 0.1) is 19.1 Å². The van der Waals surface area contributed by atoms with E-state index >= 15 is 0 Å². The molecule has 0 spiro atoms. The van der Waals surface area contributed by atoms with E-state index in [-0.39, 0.29) is 29.6 Å². The molecule has 3 rings (SSSR count). The van der Waals surface area contributed by atoms with Crippen LogP contribution in [0.2, 0.25) is 0 Å². The second-order valence-electron chi connectivity index (χ2n) is 7.57. The third kappa shape index (κ3) is 3.71. The van der Waals surface area contributed by atoms with Crippen LogP contribution in [0.3, 0.4) is 0 Å². The van der Waals surface area contributed by atoms with Gasteiger partial charge in [0.15, 0.2) is 0 Å². The number of nitrogens with zero attached hydrogens (tertiary/aromatic N) is 1. The first-order chi connectivity index (χ1) is 12.6. The predicted molar refractivity (Wildman–Crippen MR) is 99.9 cm³/mol. The summed E-state index contributed by atoms with van der Waals surface area (Å²) >= 11 is 6.64. The summed E-state index contributed by atoms with van der Waals surface area (Å²) in [7, 11) is 0. The number of halogens is 1. The number of rotatable bonds is 12. The van der Waals surface area contributed by atoms with Crippen molar-refractivity contribution in [2.75, 3.05) is 33.0 Å². The number of alkyl halides is 1. The maximum atomic E-state index is 12.7. The monoisotopic (exact) mass is 383 g/mol. The van der Waals surface area contributed by atoms with Crippen LogP contribution < -0.4 is 0 Å². The number of imide groups is 1. The third-order valence-electron chi connectivity index (χ3n) is 5.83. The highest BCUT2D eigenvalue weighted by atomic mass is 35.5. The average molecular weight is 384 g/mol. The zero-order valence-corrected chi connectivity index (χ0v) is 16.4. The molecule has 0 aromatic rings. The number of amides is 2. The number of carbonyl (C=O) groups excluding carboxylic acids is 2. The van der Waals surface area contributed by atoms with Crippen LogP contribution in [0.25, 0.3) is 0 Å². The van der Waals surface area contributed by atoms with Crippen molar-refractivity contribution in [2.24, 2.45) is 17.8 Å². The van der Waals surface area contributed by atoms with Crippen molar-refractivity contribution in [1.82, 2.24) is 4.90 Å². The summed E-state index contributed by atoms with van der Waals surface area (Å²) < 4.78 is 11.1. The number of carbonyl (C=O) groups is 2. The Morgan fingerprint density at radius 3 is 2.50 bits per heavy atom. The van der Waals surface area contributed by atoms with E-state index in [1.807, 2.05) is 6.08 Å². The van der Waals surface area contributed by atoms with Crippen LogP contribution in [-0.2, 0) is 19.1 Å². The minimum Gasteiger partial charge on any atom is -0.379 e. The lowest BCUT2D eigenvalue weighted by atomic mass is 9.84. The Labute approximate surface area is 161 Å². The van der Waals surface area contributed by atoms with Gasteiger partial charge in [-0.3, -0.25) is 14.5 Å². The van der Waals surface area contributed by atoms with E-state index in [1.54, 1.807) is 0 Å². The van der Waals surface area contributed by atoms with Crippen LogP contribution in [-0.4, -0.2) is 54.6 Å². The third-order valence-corrected chi connectivity index (χ3v) is 6.50. The van der Waals surface area contributed by atoms with E-state index in [4.69, 9.17) is 21.1 Å². The molecular formula is C20H30ClNO4. The number of ether oxygens (including phenoxy) is 2. The second kappa shape index (κ2) is 8.85. The number of likely N-dealkylation sites (tertiary alicyclic amines) is 1. The molecule has 0 radical (unpaired) electrons. The fourth-order valence-electron chi connectivity index (χ4n) is 4.45. The van der Waals surface area contributed by atoms with Gasteiger partial charge in [-0.15, -0.1) is 11.6 Å². The molecular weight excluding hydrogens is 354 g/mol. The molecule has 6 heteroatoms. The number of hydrogen-bond acceptors (Lipinski definition) is 4. The molecule has 2 fully saturated rings. The molecule has 3 aliphatic rings. The molecule has 0 aromatic carbocycles. The Morgan fingerprint density at radius 1 is 1.08 bits per heavy atom. The highest BCUT2D eigenvalue weighted by Crippen LogP contribution is 2.58. The van der Waals surface area contributed by atoms with Crippen LogP contribution in [0.4, 0.5) is 0 Å². The zero-order chi connectivity index (χ0) is 18.6. The van der Waals surface area contributed by atoms with Crippen LogP contribution in [0, 0.1) is 17.8 Å². The quantitative estimate of drug-likeness (QED) is 0.225. The maximum Gasteiger partial charge on any atom is 0.251 e. The van der Waals surface area contributed by atoms with Crippen molar-refractivity contribution in [3.05, 3.63) is 12.2 Å². The zero-order valence-electron chi connectivity index (χ0n) is 15.6. The lowest BCUT2D eigenvalue weighted by Crippen LogP contribution is -2.41. The molecule has 2 bridgehead atoms. The van der Waals surface area contributed by atoms with E-state index in [9.17, 15) is 9.59 Å². The summed E-state index contributed by atoms with van der Waals surface area (Å²) in [6.07, 6.45) is 10.3. The predicted octanol–water partition coefficient (Wildman–Crippen LogP) is 3.16. The summed E-state index contributed by atoms with van der Waals surface area (Å²) in [6, 6.07) is 0. The van der Waals surface area contributed by atoms with Crippen LogP contribution >= 0.6 is 11.6 Å². The van der Waals surface area contributed by atoms with E-state index in [2.05, 4.69) is 13.0 Å². The molecule has 1 saturated carbocycles. The molecule has 2 amide bonds. The first-order valence-electron chi connectivity index (χ1n) is 9.99. The van der Waals surface area contributed by atoms with E-state index in [0.29, 0.717) is 32.8 Å². The molecule has 0 aromatic heterocycles. The van der Waals surface area contributed by atoms with E-state index < -0.39 is 4.87 Å². The van der Waals surface area contributed by atoms with Gasteiger partial charge >= 0.3 is 0 Å². The highest BCUT2D eigenvalue weighted by Gasteiger charge is 2.68. The highest BCUT2D eigenvalue weighted by molar-refractivity contribution is 6.41. The van der Waals surface area contributed by atoms with Crippen molar-refractivity contribution in [1.29, 1.82) is 0 Å². The van der Waals surface area contributed by atoms with Crippen LogP contribution in [0.5, 0.6) is 0 Å². The summed E-state index contributed by atoms with van der Waals surface area (Å²) in [6.45, 7) is 5.02. The van der Waals surface area contributed by atoms with Gasteiger partial charge in [0.1, 0.15) is 4.87 Å². The molecule has 0 N–H and O–H groups in total. The topological polar surface area (TPSA) is 55.8 Å². The molecule has 1 saturated heterocycles. The van der Waals surface area contributed by atoms with Crippen LogP contribution in [0.15, 0.2) is 12.2 Å². The summed E-state index contributed by atoms with van der Waals surface area (Å²) in [5.41, 5.74) is 0. The van der Waals surface area contributed by atoms with Gasteiger partial charge < -0.3 is 9.47 Å². The Bertz CT molecular complexity index is 552. The fourth-order valence-corrected chi connectivity index (χ4v) is 4.97. The smallest absolute Gasteiger partial charge is 0.251 e. The lowest BCUT2D eigenvalue weighted by molar-refractivity contribution is -0.140. The standard InChI is InChI=1S/C20H30ClNO4/c1-2-3-4-5-10-25-12-13-26-11-6-9-22-18(23)17-15-7-8-16(14-15)20(17,21)19(22)24/h7-8,15-17H,2-6,9-14H2,1H3/t15-,16-,17+,20+/m0/s1. The molecule has 1 heterocycles. The Hall–Kier alpha value is -0.910. The minimum absolute atomic E-state index is 0.00587. The van der Waals surface area contributed by atoms with Crippen molar-refractivity contribution in [3.8, 4) is 0 Å². The van der Waals surface area contributed by atoms with Gasteiger partial charge in [-0.05, 0) is 25.2 Å². The Balaban J connectivity index is 1.29. The van der Waals surface area contributed by atoms with Gasteiger partial charge in [0, 0.05) is 25.7 Å². The molecule has 4 atom stereocenters. The normalized spacial score (nSPS) is 32.1. The van der Waals surface area contributed by atoms with Crippen molar-refractivity contribution < 1.29 is 19.1 Å². The molecule has 2 aliphatic carbocycles.